The van der Waals surface area contributed by atoms with E-state index in [0.29, 0.717) is 11.5 Å². The summed E-state index contributed by atoms with van der Waals surface area (Å²) in [7, 11) is 2.16. The van der Waals surface area contributed by atoms with Gasteiger partial charge in [-0.05, 0) is 43.6 Å². The van der Waals surface area contributed by atoms with Gasteiger partial charge in [0.2, 0.25) is 0 Å². The third-order valence-electron chi connectivity index (χ3n) is 3.84. The fourth-order valence-electron chi connectivity index (χ4n) is 2.59. The normalized spacial score (nSPS) is 16.4. The predicted molar refractivity (Wildman–Crippen MR) is 87.5 cm³/mol. The molecule has 112 valence electrons. The highest BCUT2D eigenvalue weighted by Crippen LogP contribution is 2.30. The van der Waals surface area contributed by atoms with Gasteiger partial charge in [0, 0.05) is 36.6 Å². The monoisotopic (exact) mass is 304 g/mol. The first kappa shape index (κ1) is 14.4. The molecule has 1 aromatic carbocycles. The van der Waals surface area contributed by atoms with E-state index < -0.39 is 0 Å². The van der Waals surface area contributed by atoms with Crippen LogP contribution in [0.4, 0.5) is 5.69 Å². The number of carbonyl (C=O) groups excluding carboxylic acids is 1. The van der Waals surface area contributed by atoms with Crippen LogP contribution in [0.1, 0.15) is 16.6 Å². The molecule has 0 amide bonds. The molecule has 1 fully saturated rings. The first-order valence-corrected chi connectivity index (χ1v) is 8.13. The Balaban J connectivity index is 1.84. The molecule has 1 saturated heterocycles. The van der Waals surface area contributed by atoms with Crippen molar-refractivity contribution in [3.63, 3.8) is 0 Å². The smallest absolute Gasteiger partial charge is 0.348 e. The first-order valence-electron chi connectivity index (χ1n) is 7.31. The topological polar surface area (TPSA) is 32.8 Å². The number of anilines is 1. The summed E-state index contributed by atoms with van der Waals surface area (Å²) in [6.45, 7) is 6.54. The van der Waals surface area contributed by atoms with E-state index in [-0.39, 0.29) is 5.97 Å². The molecular formula is C16H20N2O2S. The van der Waals surface area contributed by atoms with Crippen LogP contribution in [0, 0.1) is 0 Å². The number of thiophene rings is 1. The van der Waals surface area contributed by atoms with Crippen molar-refractivity contribution in [2.45, 2.75) is 6.92 Å². The zero-order valence-electron chi connectivity index (χ0n) is 12.5. The molecule has 4 nitrogen and oxygen atoms in total. The van der Waals surface area contributed by atoms with E-state index in [1.165, 1.54) is 17.0 Å². The molecule has 1 aliphatic heterocycles. The number of fused-ring (bicyclic) bond motifs is 1. The van der Waals surface area contributed by atoms with Crippen LogP contribution in [-0.4, -0.2) is 50.7 Å². The van der Waals surface area contributed by atoms with Crippen LogP contribution in [0.25, 0.3) is 10.1 Å². The fourth-order valence-corrected chi connectivity index (χ4v) is 3.53. The number of carbonyl (C=O) groups is 1. The summed E-state index contributed by atoms with van der Waals surface area (Å²) in [5.41, 5.74) is 1.24. The lowest BCUT2D eigenvalue weighted by molar-refractivity contribution is 0.0532. The van der Waals surface area contributed by atoms with E-state index in [0.717, 1.165) is 36.3 Å². The molecule has 3 rings (SSSR count). The van der Waals surface area contributed by atoms with Crippen LogP contribution >= 0.6 is 11.3 Å². The number of hydrogen-bond donors (Lipinski definition) is 0. The van der Waals surface area contributed by atoms with Crippen LogP contribution in [0.15, 0.2) is 24.3 Å². The van der Waals surface area contributed by atoms with Crippen LogP contribution in [0.2, 0.25) is 0 Å². The van der Waals surface area contributed by atoms with Gasteiger partial charge in [0.15, 0.2) is 0 Å². The largest absolute Gasteiger partial charge is 0.462 e. The number of nitrogens with zero attached hydrogens (tertiary/aromatic N) is 2. The second-order valence-corrected chi connectivity index (χ2v) is 6.43. The van der Waals surface area contributed by atoms with Crippen LogP contribution in [0.3, 0.4) is 0 Å². The SMILES string of the molecule is CCOC(=O)c1cc2cc(N3CCN(C)CC3)ccc2s1. The molecule has 0 saturated carbocycles. The van der Waals surface area contributed by atoms with Crippen molar-refractivity contribution in [2.75, 3.05) is 44.7 Å². The Bertz CT molecular complexity index is 645. The molecule has 21 heavy (non-hydrogen) atoms. The number of piperazine rings is 1. The third-order valence-corrected chi connectivity index (χ3v) is 4.94. The molecule has 1 aliphatic rings. The van der Waals surface area contributed by atoms with E-state index in [9.17, 15) is 4.79 Å². The van der Waals surface area contributed by atoms with Crippen molar-refractivity contribution < 1.29 is 9.53 Å². The van der Waals surface area contributed by atoms with E-state index in [1.807, 2.05) is 13.0 Å². The summed E-state index contributed by atoms with van der Waals surface area (Å²) < 4.78 is 6.21. The van der Waals surface area contributed by atoms with E-state index in [2.05, 4.69) is 35.0 Å². The summed E-state index contributed by atoms with van der Waals surface area (Å²) in [5.74, 6) is -0.222. The van der Waals surface area contributed by atoms with Crippen molar-refractivity contribution in [2.24, 2.45) is 0 Å². The van der Waals surface area contributed by atoms with Crippen LogP contribution in [-0.2, 0) is 4.74 Å². The molecule has 0 radical (unpaired) electrons. The van der Waals surface area contributed by atoms with Gasteiger partial charge >= 0.3 is 5.97 Å². The van der Waals surface area contributed by atoms with Gasteiger partial charge in [0.1, 0.15) is 4.88 Å². The molecular weight excluding hydrogens is 284 g/mol. The molecule has 1 aromatic heterocycles. The summed E-state index contributed by atoms with van der Waals surface area (Å²) in [4.78, 5) is 17.2. The maximum Gasteiger partial charge on any atom is 0.348 e. The van der Waals surface area contributed by atoms with Gasteiger partial charge in [-0.25, -0.2) is 4.79 Å². The minimum absolute atomic E-state index is 0.222. The minimum atomic E-state index is -0.222. The summed E-state index contributed by atoms with van der Waals surface area (Å²) in [5, 5.41) is 1.12. The molecule has 0 spiro atoms. The lowest BCUT2D eigenvalue weighted by atomic mass is 10.2. The highest BCUT2D eigenvalue weighted by atomic mass is 32.1. The lowest BCUT2D eigenvalue weighted by Crippen LogP contribution is -2.44. The van der Waals surface area contributed by atoms with Gasteiger partial charge in [0.05, 0.1) is 6.61 Å². The van der Waals surface area contributed by atoms with Crippen molar-refractivity contribution in [3.8, 4) is 0 Å². The van der Waals surface area contributed by atoms with Crippen molar-refractivity contribution in [1.29, 1.82) is 0 Å². The summed E-state index contributed by atoms with van der Waals surface area (Å²) in [6, 6.07) is 8.38. The number of rotatable bonds is 3. The number of hydrogen-bond acceptors (Lipinski definition) is 5. The summed E-state index contributed by atoms with van der Waals surface area (Å²) in [6.07, 6.45) is 0. The molecule has 0 unspecified atom stereocenters. The van der Waals surface area contributed by atoms with E-state index >= 15 is 0 Å². The Morgan fingerprint density at radius 3 is 2.71 bits per heavy atom. The molecule has 5 heteroatoms. The van der Waals surface area contributed by atoms with Gasteiger partial charge in [-0.15, -0.1) is 11.3 Å². The number of likely N-dealkylation sites (N-methyl/N-ethyl adjacent to an activating group) is 1. The second kappa shape index (κ2) is 6.03. The highest BCUT2D eigenvalue weighted by Gasteiger charge is 2.16. The summed E-state index contributed by atoms with van der Waals surface area (Å²) >= 11 is 1.50. The van der Waals surface area contributed by atoms with Crippen molar-refractivity contribution in [3.05, 3.63) is 29.1 Å². The number of esters is 1. The molecule has 0 atom stereocenters. The third kappa shape index (κ3) is 3.04. The second-order valence-electron chi connectivity index (χ2n) is 5.34. The minimum Gasteiger partial charge on any atom is -0.462 e. The van der Waals surface area contributed by atoms with Crippen molar-refractivity contribution in [1.82, 2.24) is 4.90 Å². The van der Waals surface area contributed by atoms with Gasteiger partial charge in [-0.1, -0.05) is 0 Å². The Kier molecular flexibility index (Phi) is 4.12. The number of ether oxygens (including phenoxy) is 1. The number of benzene rings is 1. The predicted octanol–water partition coefficient (Wildman–Crippen LogP) is 2.83. The zero-order chi connectivity index (χ0) is 14.8. The maximum atomic E-state index is 11.8. The van der Waals surface area contributed by atoms with E-state index in [4.69, 9.17) is 4.74 Å². The van der Waals surface area contributed by atoms with E-state index in [1.54, 1.807) is 0 Å². The molecule has 2 aromatic rings. The Labute approximate surface area is 128 Å². The van der Waals surface area contributed by atoms with Crippen LogP contribution in [0.5, 0.6) is 0 Å². The average molecular weight is 304 g/mol. The molecule has 0 aliphatic carbocycles. The average Bonchev–Trinajstić information content (AvgIpc) is 2.91. The Morgan fingerprint density at radius 2 is 2.00 bits per heavy atom. The standard InChI is InChI=1S/C16H20N2O2S/c1-3-20-16(19)15-11-12-10-13(4-5-14(12)21-15)18-8-6-17(2)7-9-18/h4-5,10-11H,3,6-9H2,1-2H3. The fraction of sp³-hybridized carbons (Fsp3) is 0.438. The molecule has 0 N–H and O–H groups in total. The Hall–Kier alpha value is -1.59. The first-order chi connectivity index (χ1) is 10.2. The molecule has 0 bridgehead atoms. The lowest BCUT2D eigenvalue weighted by Gasteiger charge is -2.34. The van der Waals surface area contributed by atoms with Gasteiger partial charge in [0.25, 0.3) is 0 Å². The van der Waals surface area contributed by atoms with Crippen LogP contribution < -0.4 is 4.90 Å². The zero-order valence-corrected chi connectivity index (χ0v) is 13.3. The molecule has 2 heterocycles. The quantitative estimate of drug-likeness (QED) is 0.816. The maximum absolute atomic E-state index is 11.8. The van der Waals surface area contributed by atoms with Gasteiger partial charge < -0.3 is 14.5 Å². The van der Waals surface area contributed by atoms with Gasteiger partial charge in [-0.3, -0.25) is 0 Å². The Morgan fingerprint density at radius 1 is 1.24 bits per heavy atom. The van der Waals surface area contributed by atoms with Gasteiger partial charge in [-0.2, -0.15) is 0 Å². The van der Waals surface area contributed by atoms with Crippen molar-refractivity contribution >= 4 is 33.1 Å². The highest BCUT2D eigenvalue weighted by molar-refractivity contribution is 7.20.